The van der Waals surface area contributed by atoms with Gasteiger partial charge in [0.2, 0.25) is 0 Å². The Labute approximate surface area is 123 Å². The lowest BCUT2D eigenvalue weighted by atomic mass is 9.99. The van der Waals surface area contributed by atoms with Crippen molar-refractivity contribution in [2.45, 2.75) is 58.5 Å². The molecule has 1 unspecified atom stereocenters. The van der Waals surface area contributed by atoms with Crippen molar-refractivity contribution in [3.05, 3.63) is 29.8 Å². The SMILES string of the molecule is CC(C)NC(C)(C#N)CCOc1cccc(C(C)C)c1. The molecule has 1 aromatic carbocycles. The Balaban J connectivity index is 2.55. The van der Waals surface area contributed by atoms with Gasteiger partial charge >= 0.3 is 0 Å². The molecule has 0 amide bonds. The molecular weight excluding hydrogens is 248 g/mol. The number of benzene rings is 1. The fourth-order valence-corrected chi connectivity index (χ4v) is 2.13. The van der Waals surface area contributed by atoms with Crippen molar-refractivity contribution in [3.63, 3.8) is 0 Å². The largest absolute Gasteiger partial charge is 0.493 e. The lowest BCUT2D eigenvalue weighted by molar-refractivity contribution is 0.260. The first-order chi connectivity index (χ1) is 9.36. The zero-order valence-electron chi connectivity index (χ0n) is 13.2. The summed E-state index contributed by atoms with van der Waals surface area (Å²) >= 11 is 0. The monoisotopic (exact) mass is 274 g/mol. The summed E-state index contributed by atoms with van der Waals surface area (Å²) in [6.45, 7) is 10.9. The molecule has 20 heavy (non-hydrogen) atoms. The zero-order chi connectivity index (χ0) is 15.2. The second-order valence-electron chi connectivity index (χ2n) is 6.07. The fraction of sp³-hybridized carbons (Fsp3) is 0.588. The van der Waals surface area contributed by atoms with Gasteiger partial charge in [-0.3, -0.25) is 5.32 Å². The Kier molecular flexibility index (Phi) is 6.04. The average molecular weight is 274 g/mol. The summed E-state index contributed by atoms with van der Waals surface area (Å²) in [7, 11) is 0. The van der Waals surface area contributed by atoms with Gasteiger partial charge in [0.25, 0.3) is 0 Å². The molecule has 0 spiro atoms. The van der Waals surface area contributed by atoms with Crippen molar-refractivity contribution in [2.75, 3.05) is 6.61 Å². The van der Waals surface area contributed by atoms with E-state index in [0.29, 0.717) is 18.9 Å². The van der Waals surface area contributed by atoms with E-state index in [9.17, 15) is 5.26 Å². The van der Waals surface area contributed by atoms with Crippen molar-refractivity contribution < 1.29 is 4.74 Å². The van der Waals surface area contributed by atoms with Gasteiger partial charge in [-0.25, -0.2) is 0 Å². The molecular formula is C17H26N2O. The van der Waals surface area contributed by atoms with Crippen molar-refractivity contribution >= 4 is 0 Å². The van der Waals surface area contributed by atoms with Gasteiger partial charge in [0.15, 0.2) is 0 Å². The van der Waals surface area contributed by atoms with Crippen LogP contribution in [0.4, 0.5) is 0 Å². The number of ether oxygens (including phenoxy) is 1. The lowest BCUT2D eigenvalue weighted by Gasteiger charge is -2.25. The van der Waals surface area contributed by atoms with Crippen LogP contribution >= 0.6 is 0 Å². The maximum Gasteiger partial charge on any atom is 0.119 e. The molecule has 0 saturated heterocycles. The molecule has 0 heterocycles. The third kappa shape index (κ3) is 5.22. The van der Waals surface area contributed by atoms with E-state index in [1.165, 1.54) is 5.56 Å². The maximum atomic E-state index is 9.28. The van der Waals surface area contributed by atoms with Gasteiger partial charge in [0, 0.05) is 12.5 Å². The molecule has 3 heteroatoms. The molecule has 0 aliphatic rings. The van der Waals surface area contributed by atoms with Gasteiger partial charge in [-0.1, -0.05) is 26.0 Å². The van der Waals surface area contributed by atoms with Crippen LogP contribution in [0.1, 0.15) is 52.5 Å². The molecule has 1 N–H and O–H groups in total. The van der Waals surface area contributed by atoms with Crippen LogP contribution in [-0.2, 0) is 0 Å². The summed E-state index contributed by atoms with van der Waals surface area (Å²) in [6.07, 6.45) is 0.660. The molecule has 1 rings (SSSR count). The molecule has 0 aliphatic carbocycles. The van der Waals surface area contributed by atoms with E-state index in [4.69, 9.17) is 4.74 Å². The summed E-state index contributed by atoms with van der Waals surface area (Å²) in [4.78, 5) is 0. The Morgan fingerprint density at radius 2 is 2.00 bits per heavy atom. The van der Waals surface area contributed by atoms with Gasteiger partial charge in [0.05, 0.1) is 12.7 Å². The first-order valence-corrected chi connectivity index (χ1v) is 7.28. The summed E-state index contributed by atoms with van der Waals surface area (Å²) < 4.78 is 5.78. The Bertz CT molecular complexity index is 462. The molecule has 1 aromatic rings. The molecule has 0 aliphatic heterocycles. The normalized spacial score (nSPS) is 14.1. The molecule has 0 radical (unpaired) electrons. The van der Waals surface area contributed by atoms with Crippen LogP contribution in [-0.4, -0.2) is 18.2 Å². The quantitative estimate of drug-likeness (QED) is 0.821. The Morgan fingerprint density at radius 3 is 2.55 bits per heavy atom. The minimum absolute atomic E-state index is 0.281. The highest BCUT2D eigenvalue weighted by molar-refractivity contribution is 5.30. The molecule has 0 fully saturated rings. The van der Waals surface area contributed by atoms with Crippen LogP contribution in [0.15, 0.2) is 24.3 Å². The zero-order valence-corrected chi connectivity index (χ0v) is 13.2. The lowest BCUT2D eigenvalue weighted by Crippen LogP contribution is -2.45. The van der Waals surface area contributed by atoms with Gasteiger partial charge in [0.1, 0.15) is 11.3 Å². The summed E-state index contributed by atoms with van der Waals surface area (Å²) in [5.74, 6) is 1.37. The van der Waals surface area contributed by atoms with E-state index in [0.717, 1.165) is 5.75 Å². The van der Waals surface area contributed by atoms with Crippen molar-refractivity contribution in [2.24, 2.45) is 0 Å². The molecule has 0 bridgehead atoms. The van der Waals surface area contributed by atoms with Crippen LogP contribution < -0.4 is 10.1 Å². The fourth-order valence-electron chi connectivity index (χ4n) is 2.13. The van der Waals surface area contributed by atoms with Crippen molar-refractivity contribution in [1.29, 1.82) is 5.26 Å². The first-order valence-electron chi connectivity index (χ1n) is 7.28. The number of nitrogens with zero attached hydrogens (tertiary/aromatic N) is 1. The predicted octanol–water partition coefficient (Wildman–Crippen LogP) is 3.86. The molecule has 0 aromatic heterocycles. The maximum absolute atomic E-state index is 9.28. The van der Waals surface area contributed by atoms with Gasteiger partial charge in [-0.15, -0.1) is 0 Å². The second kappa shape index (κ2) is 7.31. The highest BCUT2D eigenvalue weighted by atomic mass is 16.5. The van der Waals surface area contributed by atoms with Crippen molar-refractivity contribution in [3.8, 4) is 11.8 Å². The highest BCUT2D eigenvalue weighted by Crippen LogP contribution is 2.21. The van der Waals surface area contributed by atoms with Gasteiger partial charge in [-0.05, 0) is 44.4 Å². The Morgan fingerprint density at radius 1 is 1.30 bits per heavy atom. The topological polar surface area (TPSA) is 45.0 Å². The summed E-state index contributed by atoms with van der Waals surface area (Å²) in [5.41, 5.74) is 0.731. The highest BCUT2D eigenvalue weighted by Gasteiger charge is 2.24. The van der Waals surface area contributed by atoms with E-state index < -0.39 is 5.54 Å². The Hall–Kier alpha value is -1.53. The smallest absolute Gasteiger partial charge is 0.119 e. The molecule has 3 nitrogen and oxygen atoms in total. The number of hydrogen-bond donors (Lipinski definition) is 1. The average Bonchev–Trinajstić information content (AvgIpc) is 2.38. The minimum Gasteiger partial charge on any atom is -0.493 e. The minimum atomic E-state index is -0.538. The van der Waals surface area contributed by atoms with Crippen LogP contribution in [0.5, 0.6) is 5.75 Å². The van der Waals surface area contributed by atoms with E-state index in [1.807, 2.05) is 32.9 Å². The van der Waals surface area contributed by atoms with Crippen LogP contribution in [0.2, 0.25) is 0 Å². The predicted molar refractivity (Wildman–Crippen MR) is 82.9 cm³/mol. The van der Waals surface area contributed by atoms with E-state index in [2.05, 4.69) is 37.4 Å². The molecule has 110 valence electrons. The number of hydrogen-bond acceptors (Lipinski definition) is 3. The standard InChI is InChI=1S/C17H26N2O/c1-13(2)15-7-6-8-16(11-15)20-10-9-17(5,12-18)19-14(3)4/h6-8,11,13-14,19H,9-10H2,1-5H3. The number of nitrogens with one attached hydrogen (secondary N) is 1. The van der Waals surface area contributed by atoms with E-state index in [-0.39, 0.29) is 6.04 Å². The number of nitriles is 1. The first kappa shape index (κ1) is 16.5. The summed E-state index contributed by atoms with van der Waals surface area (Å²) in [5, 5.41) is 12.6. The summed E-state index contributed by atoms with van der Waals surface area (Å²) in [6, 6.07) is 10.8. The van der Waals surface area contributed by atoms with E-state index in [1.54, 1.807) is 0 Å². The second-order valence-corrected chi connectivity index (χ2v) is 6.07. The van der Waals surface area contributed by atoms with Crippen LogP contribution in [0.3, 0.4) is 0 Å². The third-order valence-corrected chi connectivity index (χ3v) is 3.25. The third-order valence-electron chi connectivity index (χ3n) is 3.25. The molecule has 1 atom stereocenters. The van der Waals surface area contributed by atoms with Crippen LogP contribution in [0, 0.1) is 11.3 Å². The van der Waals surface area contributed by atoms with Gasteiger partial charge < -0.3 is 4.74 Å². The van der Waals surface area contributed by atoms with Crippen LogP contribution in [0.25, 0.3) is 0 Å². The number of rotatable bonds is 7. The molecule has 0 saturated carbocycles. The van der Waals surface area contributed by atoms with Crippen molar-refractivity contribution in [1.82, 2.24) is 5.32 Å². The van der Waals surface area contributed by atoms with E-state index >= 15 is 0 Å². The van der Waals surface area contributed by atoms with Gasteiger partial charge in [-0.2, -0.15) is 5.26 Å².